The maximum Gasteiger partial charge on any atom is 0.317 e. The molecule has 1 saturated heterocycles. The molecule has 0 aromatic rings. The summed E-state index contributed by atoms with van der Waals surface area (Å²) in [6.45, 7) is 9.68. The molecule has 1 aliphatic heterocycles. The minimum Gasteiger partial charge on any atom is -0.480 e. The van der Waals surface area contributed by atoms with Crippen molar-refractivity contribution in [2.24, 2.45) is 5.92 Å². The Labute approximate surface area is 98.2 Å². The Balaban J connectivity index is 2.23. The van der Waals surface area contributed by atoms with Gasteiger partial charge in [0, 0.05) is 32.7 Å². The van der Waals surface area contributed by atoms with Gasteiger partial charge in [0.25, 0.3) is 0 Å². The monoisotopic (exact) mass is 228 g/mol. The van der Waals surface area contributed by atoms with Gasteiger partial charge in [-0.2, -0.15) is 0 Å². The van der Waals surface area contributed by atoms with E-state index in [1.807, 2.05) is 4.90 Å². The third-order valence-electron chi connectivity index (χ3n) is 3.49. The van der Waals surface area contributed by atoms with Crippen molar-refractivity contribution in [2.45, 2.75) is 26.7 Å². The topological polar surface area (TPSA) is 43.8 Å². The summed E-state index contributed by atoms with van der Waals surface area (Å²) in [5.41, 5.74) is 0. The Morgan fingerprint density at radius 3 is 2.06 bits per heavy atom. The largest absolute Gasteiger partial charge is 0.480 e. The maximum atomic E-state index is 10.6. The molecule has 94 valence electrons. The zero-order valence-electron chi connectivity index (χ0n) is 10.5. The Bertz CT molecular complexity index is 209. The van der Waals surface area contributed by atoms with Crippen molar-refractivity contribution in [3.63, 3.8) is 0 Å². The normalized spacial score (nSPS) is 19.2. The van der Waals surface area contributed by atoms with E-state index in [4.69, 9.17) is 5.11 Å². The summed E-state index contributed by atoms with van der Waals surface area (Å²) in [5.74, 6) is 0.0828. The standard InChI is InChI=1S/C12H24N2O2/c1-3-11(4-2)9-13-5-7-14(8-6-13)10-12(15)16/h11H,3-10H2,1-2H3,(H,15,16). The Hall–Kier alpha value is -0.610. The zero-order valence-corrected chi connectivity index (χ0v) is 10.5. The van der Waals surface area contributed by atoms with Crippen LogP contribution in [0, 0.1) is 5.92 Å². The average Bonchev–Trinajstić information content (AvgIpc) is 2.27. The molecule has 1 rings (SSSR count). The smallest absolute Gasteiger partial charge is 0.317 e. The molecule has 0 aromatic carbocycles. The average molecular weight is 228 g/mol. The molecular weight excluding hydrogens is 204 g/mol. The van der Waals surface area contributed by atoms with Crippen molar-refractivity contribution in [1.29, 1.82) is 0 Å². The highest BCUT2D eigenvalue weighted by Crippen LogP contribution is 2.11. The minimum absolute atomic E-state index is 0.193. The van der Waals surface area contributed by atoms with E-state index < -0.39 is 5.97 Å². The van der Waals surface area contributed by atoms with E-state index in [1.165, 1.54) is 19.4 Å². The van der Waals surface area contributed by atoms with Crippen molar-refractivity contribution in [1.82, 2.24) is 9.80 Å². The predicted molar refractivity (Wildman–Crippen MR) is 64.6 cm³/mol. The summed E-state index contributed by atoms with van der Waals surface area (Å²) < 4.78 is 0. The predicted octanol–water partition coefficient (Wildman–Crippen LogP) is 1.12. The summed E-state index contributed by atoms with van der Waals surface area (Å²) >= 11 is 0. The molecule has 0 bridgehead atoms. The molecule has 0 unspecified atom stereocenters. The SMILES string of the molecule is CCC(CC)CN1CCN(CC(=O)O)CC1. The number of nitrogens with zero attached hydrogens (tertiary/aromatic N) is 2. The van der Waals surface area contributed by atoms with Crippen molar-refractivity contribution in [3.05, 3.63) is 0 Å². The van der Waals surface area contributed by atoms with Crippen LogP contribution in [-0.2, 0) is 4.79 Å². The lowest BCUT2D eigenvalue weighted by molar-refractivity contribution is -0.138. The van der Waals surface area contributed by atoms with Gasteiger partial charge in [0.15, 0.2) is 0 Å². The lowest BCUT2D eigenvalue weighted by atomic mass is 10.0. The van der Waals surface area contributed by atoms with Crippen molar-refractivity contribution < 1.29 is 9.90 Å². The molecule has 4 nitrogen and oxygen atoms in total. The molecule has 0 aromatic heterocycles. The van der Waals surface area contributed by atoms with E-state index in [-0.39, 0.29) is 6.54 Å². The van der Waals surface area contributed by atoms with E-state index >= 15 is 0 Å². The second-order valence-electron chi connectivity index (χ2n) is 4.65. The molecule has 1 fully saturated rings. The Kier molecular flexibility index (Phi) is 5.77. The third-order valence-corrected chi connectivity index (χ3v) is 3.49. The quantitative estimate of drug-likeness (QED) is 0.740. The summed E-state index contributed by atoms with van der Waals surface area (Å²) in [7, 11) is 0. The molecule has 1 heterocycles. The van der Waals surface area contributed by atoms with Crippen molar-refractivity contribution in [2.75, 3.05) is 39.3 Å². The first kappa shape index (κ1) is 13.5. The van der Waals surface area contributed by atoms with Crippen LogP contribution in [0.25, 0.3) is 0 Å². The zero-order chi connectivity index (χ0) is 12.0. The number of rotatable bonds is 6. The van der Waals surface area contributed by atoms with Crippen LogP contribution in [-0.4, -0.2) is 60.1 Å². The first-order chi connectivity index (χ1) is 7.65. The number of hydrogen-bond donors (Lipinski definition) is 1. The number of aliphatic carboxylic acids is 1. The van der Waals surface area contributed by atoms with Crippen LogP contribution < -0.4 is 0 Å². The highest BCUT2D eigenvalue weighted by Gasteiger charge is 2.19. The van der Waals surface area contributed by atoms with Gasteiger partial charge >= 0.3 is 5.97 Å². The molecule has 0 atom stereocenters. The lowest BCUT2D eigenvalue weighted by Crippen LogP contribution is -2.48. The van der Waals surface area contributed by atoms with Gasteiger partial charge in [-0.1, -0.05) is 26.7 Å². The molecule has 1 aliphatic rings. The van der Waals surface area contributed by atoms with Gasteiger partial charge in [-0.15, -0.1) is 0 Å². The number of hydrogen-bond acceptors (Lipinski definition) is 3. The van der Waals surface area contributed by atoms with E-state index in [1.54, 1.807) is 0 Å². The van der Waals surface area contributed by atoms with Gasteiger partial charge in [-0.05, 0) is 5.92 Å². The molecule has 0 amide bonds. The molecule has 0 aliphatic carbocycles. The fourth-order valence-electron chi connectivity index (χ4n) is 2.23. The number of piperazine rings is 1. The van der Waals surface area contributed by atoms with Crippen LogP contribution in [0.15, 0.2) is 0 Å². The maximum absolute atomic E-state index is 10.6. The van der Waals surface area contributed by atoms with Gasteiger partial charge in [0.1, 0.15) is 0 Å². The van der Waals surface area contributed by atoms with Crippen LogP contribution in [0.4, 0.5) is 0 Å². The van der Waals surface area contributed by atoms with Crippen LogP contribution in [0.1, 0.15) is 26.7 Å². The van der Waals surface area contributed by atoms with Crippen molar-refractivity contribution >= 4 is 5.97 Å². The Morgan fingerprint density at radius 2 is 1.62 bits per heavy atom. The minimum atomic E-state index is -0.714. The summed E-state index contributed by atoms with van der Waals surface area (Å²) in [4.78, 5) is 15.1. The highest BCUT2D eigenvalue weighted by molar-refractivity contribution is 5.69. The number of carbonyl (C=O) groups is 1. The molecule has 0 saturated carbocycles. The fourth-order valence-corrected chi connectivity index (χ4v) is 2.23. The summed E-state index contributed by atoms with van der Waals surface area (Å²) in [6, 6.07) is 0. The van der Waals surface area contributed by atoms with Crippen LogP contribution >= 0.6 is 0 Å². The molecule has 16 heavy (non-hydrogen) atoms. The van der Waals surface area contributed by atoms with E-state index in [0.717, 1.165) is 32.1 Å². The Morgan fingerprint density at radius 1 is 1.12 bits per heavy atom. The molecule has 0 spiro atoms. The first-order valence-corrected chi connectivity index (χ1v) is 6.32. The van der Waals surface area contributed by atoms with E-state index in [9.17, 15) is 4.79 Å². The van der Waals surface area contributed by atoms with Gasteiger partial charge in [0.05, 0.1) is 6.54 Å². The fraction of sp³-hybridized carbons (Fsp3) is 0.917. The lowest BCUT2D eigenvalue weighted by Gasteiger charge is -2.35. The van der Waals surface area contributed by atoms with Gasteiger partial charge < -0.3 is 10.0 Å². The first-order valence-electron chi connectivity index (χ1n) is 6.32. The van der Waals surface area contributed by atoms with Crippen LogP contribution in [0.3, 0.4) is 0 Å². The van der Waals surface area contributed by atoms with Crippen molar-refractivity contribution in [3.8, 4) is 0 Å². The summed E-state index contributed by atoms with van der Waals surface area (Å²) in [6.07, 6.45) is 2.48. The molecule has 1 N–H and O–H groups in total. The van der Waals surface area contributed by atoms with Gasteiger partial charge in [-0.25, -0.2) is 0 Å². The third kappa shape index (κ3) is 4.49. The highest BCUT2D eigenvalue weighted by atomic mass is 16.4. The second kappa shape index (κ2) is 6.86. The second-order valence-corrected chi connectivity index (χ2v) is 4.65. The van der Waals surface area contributed by atoms with E-state index in [2.05, 4.69) is 18.7 Å². The molecular formula is C12H24N2O2. The van der Waals surface area contributed by atoms with Gasteiger partial charge in [0.2, 0.25) is 0 Å². The van der Waals surface area contributed by atoms with E-state index in [0.29, 0.717) is 0 Å². The van der Waals surface area contributed by atoms with Gasteiger partial charge in [-0.3, -0.25) is 9.69 Å². The molecule has 0 radical (unpaired) electrons. The molecule has 4 heteroatoms. The van der Waals surface area contributed by atoms with Crippen LogP contribution in [0.5, 0.6) is 0 Å². The number of carboxylic acid groups (broad SMARTS) is 1. The summed E-state index contributed by atoms with van der Waals surface area (Å²) in [5, 5.41) is 8.70. The number of carboxylic acids is 1. The van der Waals surface area contributed by atoms with Crippen LogP contribution in [0.2, 0.25) is 0 Å².